The molecule has 3 rings (SSSR count). The van der Waals surface area contributed by atoms with Crippen molar-refractivity contribution in [3.63, 3.8) is 0 Å². The molecule has 1 aliphatic heterocycles. The summed E-state index contributed by atoms with van der Waals surface area (Å²) in [6.45, 7) is 12.9. The van der Waals surface area contributed by atoms with Crippen LogP contribution in [0.1, 0.15) is 131 Å². The number of ether oxygens (including phenoxy) is 2. The fourth-order valence-corrected chi connectivity index (χ4v) is 7.22. The number of nitrogens with two attached hydrogens (primary N) is 1. The number of nitrogens with zero attached hydrogens (tertiary/aromatic N) is 1. The predicted octanol–water partition coefficient (Wildman–Crippen LogP) is 4.88. The van der Waals surface area contributed by atoms with Crippen molar-refractivity contribution in [2.75, 3.05) is 6.54 Å². The van der Waals surface area contributed by atoms with Gasteiger partial charge >= 0.3 is 6.09 Å². The second-order valence-corrected chi connectivity index (χ2v) is 16.4. The van der Waals surface area contributed by atoms with Crippen LogP contribution in [-0.2, 0) is 38.2 Å². The molecule has 2 aliphatic rings. The van der Waals surface area contributed by atoms with Gasteiger partial charge in [-0.25, -0.2) is 4.79 Å². The summed E-state index contributed by atoms with van der Waals surface area (Å²) in [5.74, 6) is -4.81. The van der Waals surface area contributed by atoms with Gasteiger partial charge in [-0.3, -0.25) is 28.8 Å². The van der Waals surface area contributed by atoms with Crippen molar-refractivity contribution in [2.24, 2.45) is 17.6 Å². The minimum absolute atomic E-state index is 0.126. The van der Waals surface area contributed by atoms with Crippen LogP contribution < -0.4 is 16.4 Å². The highest BCUT2D eigenvalue weighted by Gasteiger charge is 2.46. The van der Waals surface area contributed by atoms with Gasteiger partial charge in [0.25, 0.3) is 0 Å². The third-order valence-electron chi connectivity index (χ3n) is 9.53. The van der Waals surface area contributed by atoms with Gasteiger partial charge in [-0.05, 0) is 72.3 Å². The van der Waals surface area contributed by atoms with E-state index in [1.807, 2.05) is 27.7 Å². The van der Waals surface area contributed by atoms with Crippen molar-refractivity contribution in [1.29, 1.82) is 0 Å². The summed E-state index contributed by atoms with van der Waals surface area (Å²) in [6.07, 6.45) is 3.11. The molecule has 1 heterocycles. The molecule has 2 fully saturated rings. The SMILES string of the molecule is CCCC(CC(=O)[C@@H]1C[C@@H](OC(C)(C)C)CN1C(=O)[C@@H](NC(=O)OC(C)(C)C)C1CCCCC1)C(=O)C(=O)CCC(=O)N[C@H](C(N)=O)c1ccccc1. The number of hydrogen-bond donors (Lipinski definition) is 3. The van der Waals surface area contributed by atoms with Crippen molar-refractivity contribution < 1.29 is 43.0 Å². The number of alkyl carbamates (subject to hydrolysis) is 1. The largest absolute Gasteiger partial charge is 0.444 e. The Balaban J connectivity index is 1.77. The lowest BCUT2D eigenvalue weighted by Crippen LogP contribution is -2.55. The molecular formula is C40H60N4O9. The smallest absolute Gasteiger partial charge is 0.408 e. The monoisotopic (exact) mass is 740 g/mol. The summed E-state index contributed by atoms with van der Waals surface area (Å²) in [7, 11) is 0. The van der Waals surface area contributed by atoms with E-state index in [0.717, 1.165) is 32.1 Å². The van der Waals surface area contributed by atoms with Crippen LogP contribution in [0.3, 0.4) is 0 Å². The molecule has 1 aromatic rings. The number of Topliss-reactive ketones (excluding diaryl/α,β-unsaturated/α-hetero) is 3. The first-order chi connectivity index (χ1) is 24.8. The fraction of sp³-hybridized carbons (Fsp3) is 0.675. The minimum atomic E-state index is -1.10. The van der Waals surface area contributed by atoms with Gasteiger partial charge in [0.05, 0.1) is 17.7 Å². The third kappa shape index (κ3) is 13.7. The van der Waals surface area contributed by atoms with E-state index in [0.29, 0.717) is 12.0 Å². The zero-order chi connectivity index (χ0) is 39.5. The second kappa shape index (κ2) is 19.3. The van der Waals surface area contributed by atoms with Crippen LogP contribution >= 0.6 is 0 Å². The fourth-order valence-electron chi connectivity index (χ4n) is 7.22. The Kier molecular flexibility index (Phi) is 15.7. The van der Waals surface area contributed by atoms with Gasteiger partial charge in [-0.2, -0.15) is 0 Å². The molecule has 4 amide bonds. The topological polar surface area (TPSA) is 191 Å². The van der Waals surface area contributed by atoms with E-state index in [-0.39, 0.29) is 43.9 Å². The number of primary amides is 1. The molecule has 1 aromatic carbocycles. The van der Waals surface area contributed by atoms with Crippen LogP contribution in [0.5, 0.6) is 0 Å². The van der Waals surface area contributed by atoms with Gasteiger partial charge < -0.3 is 30.7 Å². The Morgan fingerprint density at radius 1 is 0.887 bits per heavy atom. The summed E-state index contributed by atoms with van der Waals surface area (Å²) in [5.41, 5.74) is 4.64. The first-order valence-corrected chi connectivity index (χ1v) is 19.0. The van der Waals surface area contributed by atoms with Crippen LogP contribution in [0.15, 0.2) is 30.3 Å². The standard InChI is InChI=1S/C40H60N4O9/c1-8-15-27(35(48)30(45)20-21-32(47)42-33(36(41)49)25-16-11-9-12-17-25)22-31(46)29-23-28(52-39(2,3)4)24-44(29)37(50)34(26-18-13-10-14-19-26)43-38(51)53-40(5,6)7/h9,11-12,16-17,26-29,33-34H,8,10,13-15,18-24H2,1-7H3,(H2,41,49)(H,42,47)(H,43,51)/t27?,28-,29+,33+,34+/m1/s1. The van der Waals surface area contributed by atoms with Crippen molar-refractivity contribution in [1.82, 2.24) is 15.5 Å². The Morgan fingerprint density at radius 3 is 2.09 bits per heavy atom. The van der Waals surface area contributed by atoms with Crippen molar-refractivity contribution in [3.8, 4) is 0 Å². The molecule has 13 nitrogen and oxygen atoms in total. The minimum Gasteiger partial charge on any atom is -0.444 e. The van der Waals surface area contributed by atoms with Crippen LogP contribution in [0, 0.1) is 11.8 Å². The van der Waals surface area contributed by atoms with E-state index in [4.69, 9.17) is 15.2 Å². The summed E-state index contributed by atoms with van der Waals surface area (Å²) in [5, 5.41) is 5.35. The lowest BCUT2D eigenvalue weighted by molar-refractivity contribution is -0.143. The van der Waals surface area contributed by atoms with Gasteiger partial charge in [0, 0.05) is 38.1 Å². The molecule has 5 atom stereocenters. The maximum absolute atomic E-state index is 14.4. The van der Waals surface area contributed by atoms with E-state index in [1.54, 1.807) is 51.1 Å². The highest BCUT2D eigenvalue weighted by Crippen LogP contribution is 2.32. The molecule has 0 radical (unpaired) electrons. The quantitative estimate of drug-likeness (QED) is 0.187. The van der Waals surface area contributed by atoms with Crippen LogP contribution in [0.4, 0.5) is 4.79 Å². The van der Waals surface area contributed by atoms with Gasteiger partial charge in [0.2, 0.25) is 23.5 Å². The zero-order valence-electron chi connectivity index (χ0n) is 32.5. The van der Waals surface area contributed by atoms with E-state index in [9.17, 15) is 33.6 Å². The maximum atomic E-state index is 14.4. The first kappa shape index (κ1) is 43.3. The number of carbonyl (C=O) groups is 7. The Labute approximate surface area is 313 Å². The molecule has 1 unspecified atom stereocenters. The molecule has 4 N–H and O–H groups in total. The number of ketones is 3. The summed E-state index contributed by atoms with van der Waals surface area (Å²) < 4.78 is 11.8. The summed E-state index contributed by atoms with van der Waals surface area (Å²) >= 11 is 0. The summed E-state index contributed by atoms with van der Waals surface area (Å²) in [6, 6.07) is 5.49. The number of hydrogen-bond acceptors (Lipinski definition) is 9. The number of carbonyl (C=O) groups excluding carboxylic acids is 7. The highest BCUT2D eigenvalue weighted by molar-refractivity contribution is 6.38. The number of likely N-dealkylation sites (tertiary alicyclic amines) is 1. The van der Waals surface area contributed by atoms with E-state index in [2.05, 4.69) is 10.6 Å². The number of rotatable bonds is 17. The zero-order valence-corrected chi connectivity index (χ0v) is 32.5. The second-order valence-electron chi connectivity index (χ2n) is 16.4. The normalized spacial score (nSPS) is 19.8. The lowest BCUT2D eigenvalue weighted by Gasteiger charge is -2.35. The molecule has 294 valence electrons. The Hall–Kier alpha value is -4.13. The molecule has 0 aromatic heterocycles. The van der Waals surface area contributed by atoms with Gasteiger partial charge in [0.15, 0.2) is 11.6 Å². The highest BCUT2D eigenvalue weighted by atomic mass is 16.6. The van der Waals surface area contributed by atoms with Gasteiger partial charge in [-0.1, -0.05) is 62.9 Å². The number of benzene rings is 1. The Morgan fingerprint density at radius 2 is 1.53 bits per heavy atom. The molecule has 0 spiro atoms. The van der Waals surface area contributed by atoms with E-state index < -0.39 is 83.2 Å². The Bertz CT molecular complexity index is 1460. The molecule has 1 saturated heterocycles. The first-order valence-electron chi connectivity index (χ1n) is 19.0. The average Bonchev–Trinajstić information content (AvgIpc) is 3.50. The van der Waals surface area contributed by atoms with Gasteiger partial charge in [0.1, 0.15) is 17.7 Å². The molecule has 1 aliphatic carbocycles. The summed E-state index contributed by atoms with van der Waals surface area (Å²) in [4.78, 5) is 94.4. The van der Waals surface area contributed by atoms with Crippen molar-refractivity contribution in [2.45, 2.75) is 155 Å². The van der Waals surface area contributed by atoms with Crippen molar-refractivity contribution in [3.05, 3.63) is 35.9 Å². The predicted molar refractivity (Wildman–Crippen MR) is 198 cm³/mol. The third-order valence-corrected chi connectivity index (χ3v) is 9.53. The van der Waals surface area contributed by atoms with Gasteiger partial charge in [-0.15, -0.1) is 0 Å². The molecule has 0 bridgehead atoms. The van der Waals surface area contributed by atoms with Crippen LogP contribution in [-0.4, -0.2) is 82.0 Å². The van der Waals surface area contributed by atoms with E-state index in [1.165, 1.54) is 4.90 Å². The molecule has 13 heteroatoms. The molecule has 53 heavy (non-hydrogen) atoms. The molecular weight excluding hydrogens is 680 g/mol. The van der Waals surface area contributed by atoms with Crippen LogP contribution in [0.2, 0.25) is 0 Å². The van der Waals surface area contributed by atoms with Crippen molar-refractivity contribution >= 4 is 41.2 Å². The number of nitrogens with one attached hydrogen (secondary N) is 2. The maximum Gasteiger partial charge on any atom is 0.408 e. The number of amides is 4. The lowest BCUT2D eigenvalue weighted by atomic mass is 9.83. The molecule has 1 saturated carbocycles. The average molecular weight is 741 g/mol. The van der Waals surface area contributed by atoms with E-state index >= 15 is 0 Å². The van der Waals surface area contributed by atoms with Crippen LogP contribution in [0.25, 0.3) is 0 Å².